The van der Waals surface area contributed by atoms with Crippen molar-refractivity contribution in [2.75, 3.05) is 12.9 Å². The van der Waals surface area contributed by atoms with Crippen LogP contribution in [-0.4, -0.2) is 27.4 Å². The van der Waals surface area contributed by atoms with Crippen LogP contribution in [0.2, 0.25) is 5.02 Å². The normalized spacial score (nSPS) is 13.6. The molecule has 0 fully saturated rings. The second kappa shape index (κ2) is 8.10. The summed E-state index contributed by atoms with van der Waals surface area (Å²) >= 11 is 10.9. The molecule has 1 aliphatic heterocycles. The third-order valence-electron chi connectivity index (χ3n) is 5.99. The Morgan fingerprint density at radius 3 is 2.81 bits per heavy atom. The van der Waals surface area contributed by atoms with Crippen LogP contribution in [0.25, 0.3) is 32.4 Å². The molecule has 0 amide bonds. The third-order valence-corrected chi connectivity index (χ3v) is 8.69. The highest BCUT2D eigenvalue weighted by molar-refractivity contribution is 7.98. The van der Waals surface area contributed by atoms with E-state index in [0.29, 0.717) is 6.54 Å². The maximum absolute atomic E-state index is 7.14. The molecule has 0 N–H and O–H groups in total. The molecule has 3 aromatic heterocycles. The standard InChI is InChI=1S/C25H20ClN3OS2/c1-30-16-8-6-15(7-9-16)22-23-17-10-11-31-13-21(17)32-25(23)28-19(24(22)26)12-29-14-27-18-4-2-3-5-20(18)29/h2-9,14H,10-13H2,1H3. The summed E-state index contributed by atoms with van der Waals surface area (Å²) in [7, 11) is 1.69. The number of fused-ring (bicyclic) bond motifs is 4. The van der Waals surface area contributed by atoms with E-state index in [0.717, 1.165) is 61.4 Å². The summed E-state index contributed by atoms with van der Waals surface area (Å²) in [5.74, 6) is 3.03. The lowest BCUT2D eigenvalue weighted by Crippen LogP contribution is -2.04. The molecule has 0 unspecified atom stereocenters. The molecular formula is C25H20ClN3OS2. The van der Waals surface area contributed by atoms with Crippen LogP contribution in [0.15, 0.2) is 54.9 Å². The molecule has 32 heavy (non-hydrogen) atoms. The highest BCUT2D eigenvalue weighted by atomic mass is 35.5. The Balaban J connectivity index is 1.57. The van der Waals surface area contributed by atoms with Gasteiger partial charge >= 0.3 is 0 Å². The van der Waals surface area contributed by atoms with Gasteiger partial charge in [-0.05, 0) is 47.6 Å². The summed E-state index contributed by atoms with van der Waals surface area (Å²) in [6, 6.07) is 16.3. The van der Waals surface area contributed by atoms with Crippen LogP contribution < -0.4 is 4.74 Å². The number of nitrogens with zero attached hydrogens (tertiary/aromatic N) is 3. The van der Waals surface area contributed by atoms with E-state index in [9.17, 15) is 0 Å². The van der Waals surface area contributed by atoms with Crippen LogP contribution in [0.4, 0.5) is 0 Å². The number of benzene rings is 2. The molecule has 6 rings (SSSR count). The van der Waals surface area contributed by atoms with Gasteiger partial charge in [0.05, 0.1) is 41.7 Å². The van der Waals surface area contributed by atoms with Gasteiger partial charge in [-0.15, -0.1) is 11.3 Å². The van der Waals surface area contributed by atoms with E-state index in [1.165, 1.54) is 15.8 Å². The molecule has 5 aromatic rings. The molecule has 7 heteroatoms. The lowest BCUT2D eigenvalue weighted by Gasteiger charge is -2.15. The number of aromatic nitrogens is 3. The number of methoxy groups -OCH3 is 1. The van der Waals surface area contributed by atoms with Crippen LogP contribution in [0.1, 0.15) is 16.1 Å². The topological polar surface area (TPSA) is 39.9 Å². The van der Waals surface area contributed by atoms with Crippen molar-refractivity contribution in [1.82, 2.24) is 14.5 Å². The van der Waals surface area contributed by atoms with Crippen molar-refractivity contribution in [3.05, 3.63) is 76.0 Å². The van der Waals surface area contributed by atoms with Crippen LogP contribution in [0.3, 0.4) is 0 Å². The van der Waals surface area contributed by atoms with Crippen molar-refractivity contribution in [3.8, 4) is 16.9 Å². The zero-order chi connectivity index (χ0) is 21.7. The Morgan fingerprint density at radius 2 is 1.97 bits per heavy atom. The molecule has 0 atom stereocenters. The highest BCUT2D eigenvalue weighted by Crippen LogP contribution is 2.45. The van der Waals surface area contributed by atoms with E-state index in [1.807, 2.05) is 59.8 Å². The first kappa shape index (κ1) is 20.1. The number of hydrogen-bond acceptors (Lipinski definition) is 5. The fourth-order valence-electron chi connectivity index (χ4n) is 4.41. The molecule has 0 aliphatic carbocycles. The fraction of sp³-hybridized carbons (Fsp3) is 0.200. The summed E-state index contributed by atoms with van der Waals surface area (Å²) in [6.45, 7) is 0.579. The quantitative estimate of drug-likeness (QED) is 0.285. The number of halogens is 1. The lowest BCUT2D eigenvalue weighted by atomic mass is 9.97. The van der Waals surface area contributed by atoms with Gasteiger partial charge in [0.15, 0.2) is 0 Å². The highest BCUT2D eigenvalue weighted by Gasteiger charge is 2.24. The third kappa shape index (κ3) is 3.29. The van der Waals surface area contributed by atoms with Crippen LogP contribution >= 0.6 is 34.7 Å². The number of pyridine rings is 1. The van der Waals surface area contributed by atoms with Gasteiger partial charge in [-0.2, -0.15) is 11.8 Å². The van der Waals surface area contributed by atoms with Crippen molar-refractivity contribution in [3.63, 3.8) is 0 Å². The second-order valence-electron chi connectivity index (χ2n) is 7.82. The number of hydrogen-bond donors (Lipinski definition) is 0. The molecule has 4 nitrogen and oxygen atoms in total. The van der Waals surface area contributed by atoms with Gasteiger partial charge < -0.3 is 9.30 Å². The van der Waals surface area contributed by atoms with E-state index in [2.05, 4.69) is 27.8 Å². The number of thiophene rings is 1. The number of aryl methyl sites for hydroxylation is 1. The molecule has 0 saturated carbocycles. The van der Waals surface area contributed by atoms with Crippen molar-refractivity contribution >= 4 is 55.9 Å². The molecule has 1 aliphatic rings. The van der Waals surface area contributed by atoms with E-state index in [1.54, 1.807) is 7.11 Å². The van der Waals surface area contributed by atoms with Crippen molar-refractivity contribution in [2.24, 2.45) is 0 Å². The molecular weight excluding hydrogens is 458 g/mol. The summed E-state index contributed by atoms with van der Waals surface area (Å²) in [5, 5.41) is 1.94. The first-order valence-electron chi connectivity index (χ1n) is 10.5. The molecule has 4 heterocycles. The van der Waals surface area contributed by atoms with Gasteiger partial charge in [-0.25, -0.2) is 9.97 Å². The molecule has 0 bridgehead atoms. The Hall–Kier alpha value is -2.54. The van der Waals surface area contributed by atoms with Crippen molar-refractivity contribution in [1.29, 1.82) is 0 Å². The SMILES string of the molecule is COc1ccc(-c2c(Cl)c(Cn3cnc4ccccc43)nc3sc4c(c23)CCSC4)cc1. The lowest BCUT2D eigenvalue weighted by molar-refractivity contribution is 0.415. The van der Waals surface area contributed by atoms with Gasteiger partial charge in [-0.1, -0.05) is 35.9 Å². The van der Waals surface area contributed by atoms with Gasteiger partial charge in [0, 0.05) is 21.6 Å². The van der Waals surface area contributed by atoms with E-state index >= 15 is 0 Å². The summed E-state index contributed by atoms with van der Waals surface area (Å²) < 4.78 is 7.50. The van der Waals surface area contributed by atoms with Crippen molar-refractivity contribution in [2.45, 2.75) is 18.7 Å². The molecule has 0 radical (unpaired) electrons. The van der Waals surface area contributed by atoms with Gasteiger partial charge in [0.1, 0.15) is 10.6 Å². The van der Waals surface area contributed by atoms with E-state index < -0.39 is 0 Å². The number of thioether (sulfide) groups is 1. The average molecular weight is 478 g/mol. The number of ether oxygens (including phenoxy) is 1. The molecule has 2 aromatic carbocycles. The number of para-hydroxylation sites is 2. The fourth-order valence-corrected chi connectivity index (χ4v) is 7.10. The Morgan fingerprint density at radius 1 is 1.12 bits per heavy atom. The molecule has 0 saturated heterocycles. The van der Waals surface area contributed by atoms with Gasteiger partial charge in [-0.3, -0.25) is 0 Å². The van der Waals surface area contributed by atoms with Gasteiger partial charge in [0.2, 0.25) is 0 Å². The monoisotopic (exact) mass is 477 g/mol. The Labute approximate surface area is 199 Å². The summed E-state index contributed by atoms with van der Waals surface area (Å²) in [5.41, 5.74) is 6.53. The Kier molecular flexibility index (Phi) is 5.09. The Bertz CT molecular complexity index is 1460. The minimum Gasteiger partial charge on any atom is -0.497 e. The summed E-state index contributed by atoms with van der Waals surface area (Å²) in [4.78, 5) is 12.1. The first-order chi connectivity index (χ1) is 15.7. The summed E-state index contributed by atoms with van der Waals surface area (Å²) in [6.07, 6.45) is 2.93. The largest absolute Gasteiger partial charge is 0.497 e. The smallest absolute Gasteiger partial charge is 0.124 e. The molecule has 160 valence electrons. The number of imidazole rings is 1. The predicted octanol–water partition coefficient (Wildman–Crippen LogP) is 6.81. The second-order valence-corrected chi connectivity index (χ2v) is 10.4. The van der Waals surface area contributed by atoms with Crippen LogP contribution in [-0.2, 0) is 18.7 Å². The minimum absolute atomic E-state index is 0.579. The maximum atomic E-state index is 7.14. The maximum Gasteiger partial charge on any atom is 0.124 e. The van der Waals surface area contributed by atoms with Crippen LogP contribution in [0.5, 0.6) is 5.75 Å². The van der Waals surface area contributed by atoms with Gasteiger partial charge in [0.25, 0.3) is 0 Å². The predicted molar refractivity (Wildman–Crippen MR) is 135 cm³/mol. The zero-order valence-electron chi connectivity index (χ0n) is 17.5. The molecule has 0 spiro atoms. The first-order valence-corrected chi connectivity index (χ1v) is 12.8. The van der Waals surface area contributed by atoms with E-state index in [-0.39, 0.29) is 0 Å². The zero-order valence-corrected chi connectivity index (χ0v) is 19.9. The average Bonchev–Trinajstić information content (AvgIpc) is 3.41. The number of rotatable bonds is 4. The van der Waals surface area contributed by atoms with E-state index in [4.69, 9.17) is 21.3 Å². The minimum atomic E-state index is 0.579. The van der Waals surface area contributed by atoms with Crippen LogP contribution in [0, 0.1) is 0 Å². The van der Waals surface area contributed by atoms with Crippen molar-refractivity contribution < 1.29 is 4.74 Å².